The van der Waals surface area contributed by atoms with Gasteiger partial charge in [0.1, 0.15) is 17.5 Å². The van der Waals surface area contributed by atoms with Crippen LogP contribution in [0, 0.1) is 6.92 Å². The standard InChI is InChI=1S/C12H17N5O/c1-4-10-15-11(13-3)6-12(16-10)14-7-9-5-8(2)17-18-9/h5-6H,4,7H2,1-3H3,(H2,13,14,15,16). The molecule has 6 heteroatoms. The molecule has 0 spiro atoms. The third kappa shape index (κ3) is 2.97. The van der Waals surface area contributed by atoms with Crippen LogP contribution >= 0.6 is 0 Å². The highest BCUT2D eigenvalue weighted by atomic mass is 16.5. The molecule has 96 valence electrons. The van der Waals surface area contributed by atoms with Gasteiger partial charge < -0.3 is 15.2 Å². The number of rotatable bonds is 5. The van der Waals surface area contributed by atoms with Gasteiger partial charge in [-0.1, -0.05) is 12.1 Å². The van der Waals surface area contributed by atoms with E-state index in [2.05, 4.69) is 25.8 Å². The molecule has 0 aliphatic heterocycles. The van der Waals surface area contributed by atoms with E-state index in [0.29, 0.717) is 6.54 Å². The van der Waals surface area contributed by atoms with Crippen LogP contribution in [0.3, 0.4) is 0 Å². The minimum Gasteiger partial charge on any atom is -0.373 e. The van der Waals surface area contributed by atoms with Crippen molar-refractivity contribution in [1.82, 2.24) is 15.1 Å². The highest BCUT2D eigenvalue weighted by molar-refractivity contribution is 5.47. The van der Waals surface area contributed by atoms with Crippen molar-refractivity contribution in [3.63, 3.8) is 0 Å². The van der Waals surface area contributed by atoms with Crippen molar-refractivity contribution in [2.75, 3.05) is 17.7 Å². The summed E-state index contributed by atoms with van der Waals surface area (Å²) in [6.07, 6.45) is 0.797. The minimum absolute atomic E-state index is 0.560. The first-order valence-corrected chi connectivity index (χ1v) is 5.93. The first-order chi connectivity index (χ1) is 8.71. The topological polar surface area (TPSA) is 75.9 Å². The lowest BCUT2D eigenvalue weighted by atomic mass is 10.3. The van der Waals surface area contributed by atoms with E-state index in [-0.39, 0.29) is 0 Å². The predicted octanol–water partition coefficient (Wildman–Crippen LogP) is 1.99. The van der Waals surface area contributed by atoms with Crippen LogP contribution in [0.25, 0.3) is 0 Å². The fourth-order valence-corrected chi connectivity index (χ4v) is 1.55. The van der Waals surface area contributed by atoms with Crippen LogP contribution in [-0.2, 0) is 13.0 Å². The van der Waals surface area contributed by atoms with E-state index in [1.54, 1.807) is 0 Å². The van der Waals surface area contributed by atoms with Crippen molar-refractivity contribution in [2.45, 2.75) is 26.8 Å². The normalized spacial score (nSPS) is 10.4. The molecule has 2 rings (SSSR count). The quantitative estimate of drug-likeness (QED) is 0.841. The lowest BCUT2D eigenvalue weighted by molar-refractivity contribution is 0.384. The van der Waals surface area contributed by atoms with E-state index >= 15 is 0 Å². The van der Waals surface area contributed by atoms with Crippen LogP contribution < -0.4 is 10.6 Å². The summed E-state index contributed by atoms with van der Waals surface area (Å²) in [5.74, 6) is 3.17. The van der Waals surface area contributed by atoms with Crippen LogP contribution in [0.5, 0.6) is 0 Å². The van der Waals surface area contributed by atoms with E-state index in [1.807, 2.05) is 33.0 Å². The first kappa shape index (κ1) is 12.3. The van der Waals surface area contributed by atoms with Crippen LogP contribution in [-0.4, -0.2) is 22.2 Å². The molecular weight excluding hydrogens is 230 g/mol. The monoisotopic (exact) mass is 247 g/mol. The summed E-state index contributed by atoms with van der Waals surface area (Å²) in [5, 5.41) is 10.1. The number of anilines is 2. The molecular formula is C12H17N5O. The Labute approximate surface area is 106 Å². The van der Waals surface area contributed by atoms with Crippen molar-refractivity contribution in [1.29, 1.82) is 0 Å². The molecule has 0 aliphatic rings. The lowest BCUT2D eigenvalue weighted by Crippen LogP contribution is -2.05. The van der Waals surface area contributed by atoms with E-state index < -0.39 is 0 Å². The number of hydrogen-bond acceptors (Lipinski definition) is 6. The van der Waals surface area contributed by atoms with E-state index in [4.69, 9.17) is 4.52 Å². The van der Waals surface area contributed by atoms with E-state index in [9.17, 15) is 0 Å². The Morgan fingerprint density at radius 1 is 1.22 bits per heavy atom. The average Bonchev–Trinajstić information content (AvgIpc) is 2.81. The molecule has 0 aliphatic carbocycles. The molecule has 0 saturated carbocycles. The number of aromatic nitrogens is 3. The van der Waals surface area contributed by atoms with Crippen LogP contribution in [0.4, 0.5) is 11.6 Å². The van der Waals surface area contributed by atoms with Gasteiger partial charge in [-0.15, -0.1) is 0 Å². The maximum Gasteiger partial charge on any atom is 0.156 e. The smallest absolute Gasteiger partial charge is 0.156 e. The molecule has 2 aromatic rings. The highest BCUT2D eigenvalue weighted by Gasteiger charge is 2.04. The van der Waals surface area contributed by atoms with E-state index in [1.165, 1.54) is 0 Å². The zero-order valence-corrected chi connectivity index (χ0v) is 10.8. The van der Waals surface area contributed by atoms with Crippen molar-refractivity contribution in [3.8, 4) is 0 Å². The summed E-state index contributed by atoms with van der Waals surface area (Å²) >= 11 is 0. The maximum atomic E-state index is 5.13. The van der Waals surface area contributed by atoms with Gasteiger partial charge in [0, 0.05) is 25.6 Å². The summed E-state index contributed by atoms with van der Waals surface area (Å²) in [6, 6.07) is 3.76. The predicted molar refractivity (Wildman–Crippen MR) is 69.5 cm³/mol. The third-order valence-electron chi connectivity index (χ3n) is 2.47. The lowest BCUT2D eigenvalue weighted by Gasteiger charge is -2.07. The summed E-state index contributed by atoms with van der Waals surface area (Å²) in [4.78, 5) is 8.73. The minimum atomic E-state index is 0.560. The summed E-state index contributed by atoms with van der Waals surface area (Å²) in [6.45, 7) is 4.48. The highest BCUT2D eigenvalue weighted by Crippen LogP contribution is 2.13. The molecule has 0 unspecified atom stereocenters. The van der Waals surface area contributed by atoms with Crippen molar-refractivity contribution in [2.24, 2.45) is 0 Å². The van der Waals surface area contributed by atoms with Gasteiger partial charge in [-0.05, 0) is 6.92 Å². The SMILES string of the molecule is CCc1nc(NC)cc(NCc2cc(C)no2)n1. The molecule has 0 amide bonds. The van der Waals surface area contributed by atoms with Gasteiger partial charge >= 0.3 is 0 Å². The second-order valence-corrected chi connectivity index (χ2v) is 3.95. The Kier molecular flexibility index (Phi) is 3.76. The zero-order chi connectivity index (χ0) is 13.0. The molecule has 0 saturated heterocycles. The number of nitrogens with zero attached hydrogens (tertiary/aromatic N) is 3. The molecule has 6 nitrogen and oxygen atoms in total. The largest absolute Gasteiger partial charge is 0.373 e. The molecule has 0 aromatic carbocycles. The number of hydrogen-bond donors (Lipinski definition) is 2. The Morgan fingerprint density at radius 3 is 2.61 bits per heavy atom. The summed E-state index contributed by atoms with van der Waals surface area (Å²) in [5.41, 5.74) is 0.875. The maximum absolute atomic E-state index is 5.13. The number of nitrogens with one attached hydrogen (secondary N) is 2. The van der Waals surface area contributed by atoms with Gasteiger partial charge in [0.05, 0.1) is 12.2 Å². The molecule has 2 heterocycles. The fraction of sp³-hybridized carbons (Fsp3) is 0.417. The Balaban J connectivity index is 2.08. The van der Waals surface area contributed by atoms with Gasteiger partial charge in [0.2, 0.25) is 0 Å². The molecule has 2 N–H and O–H groups in total. The third-order valence-corrected chi connectivity index (χ3v) is 2.47. The average molecular weight is 247 g/mol. The Morgan fingerprint density at radius 2 is 2.00 bits per heavy atom. The molecule has 0 atom stereocenters. The van der Waals surface area contributed by atoms with Crippen LogP contribution in [0.1, 0.15) is 24.2 Å². The molecule has 0 bridgehead atoms. The van der Waals surface area contributed by atoms with Gasteiger partial charge in [-0.2, -0.15) is 0 Å². The van der Waals surface area contributed by atoms with Crippen LogP contribution in [0.15, 0.2) is 16.7 Å². The van der Waals surface area contributed by atoms with Crippen molar-refractivity contribution < 1.29 is 4.52 Å². The summed E-state index contributed by atoms with van der Waals surface area (Å²) in [7, 11) is 1.84. The van der Waals surface area contributed by atoms with Crippen molar-refractivity contribution in [3.05, 3.63) is 29.4 Å². The van der Waals surface area contributed by atoms with E-state index in [0.717, 1.165) is 35.3 Å². The van der Waals surface area contributed by atoms with Gasteiger partial charge in [0.15, 0.2) is 5.76 Å². The molecule has 18 heavy (non-hydrogen) atoms. The molecule has 0 radical (unpaired) electrons. The number of aryl methyl sites for hydroxylation is 2. The van der Waals surface area contributed by atoms with Crippen molar-refractivity contribution >= 4 is 11.6 Å². The Bertz CT molecular complexity index is 501. The first-order valence-electron chi connectivity index (χ1n) is 5.93. The Hall–Kier alpha value is -2.11. The summed E-state index contributed by atoms with van der Waals surface area (Å²) < 4.78 is 5.13. The molecule has 2 aromatic heterocycles. The van der Waals surface area contributed by atoms with Crippen LogP contribution in [0.2, 0.25) is 0 Å². The second kappa shape index (κ2) is 5.48. The molecule has 0 fully saturated rings. The fourth-order valence-electron chi connectivity index (χ4n) is 1.55. The van der Waals surface area contributed by atoms with Gasteiger partial charge in [-0.25, -0.2) is 9.97 Å². The second-order valence-electron chi connectivity index (χ2n) is 3.95. The van der Waals surface area contributed by atoms with Gasteiger partial charge in [-0.3, -0.25) is 0 Å². The zero-order valence-electron chi connectivity index (χ0n) is 10.8. The van der Waals surface area contributed by atoms with Gasteiger partial charge in [0.25, 0.3) is 0 Å².